The standard InChI is InChI=1S/C14H8BrF2NO3/c15-10-6-8(16)2-3-9(10)13(19)18-12-4-1-7(14(20)21)5-11(12)17/h1-6H,(H,18,19)(H,20,21). The zero-order chi connectivity index (χ0) is 15.6. The Hall–Kier alpha value is -2.28. The molecule has 21 heavy (non-hydrogen) atoms. The molecule has 2 rings (SSSR count). The van der Waals surface area contributed by atoms with E-state index in [9.17, 15) is 18.4 Å². The van der Waals surface area contributed by atoms with Crippen molar-refractivity contribution in [3.63, 3.8) is 0 Å². The van der Waals surface area contributed by atoms with Gasteiger partial charge in [0.25, 0.3) is 5.91 Å². The number of hydrogen-bond acceptors (Lipinski definition) is 2. The number of halogens is 3. The van der Waals surface area contributed by atoms with Gasteiger partial charge in [0.2, 0.25) is 0 Å². The van der Waals surface area contributed by atoms with Gasteiger partial charge in [-0.05, 0) is 52.3 Å². The van der Waals surface area contributed by atoms with Gasteiger partial charge >= 0.3 is 5.97 Å². The molecule has 2 N–H and O–H groups in total. The largest absolute Gasteiger partial charge is 0.478 e. The average molecular weight is 356 g/mol. The second-order valence-corrected chi connectivity index (χ2v) is 4.93. The molecule has 2 aromatic rings. The maximum atomic E-state index is 13.7. The van der Waals surface area contributed by atoms with Crippen LogP contribution in [0.15, 0.2) is 40.9 Å². The summed E-state index contributed by atoms with van der Waals surface area (Å²) in [5.41, 5.74) is -0.271. The molecule has 1 amide bonds. The van der Waals surface area contributed by atoms with E-state index in [0.29, 0.717) is 0 Å². The van der Waals surface area contributed by atoms with Crippen molar-refractivity contribution < 1.29 is 23.5 Å². The Morgan fingerprint density at radius 2 is 1.81 bits per heavy atom. The third-order valence-corrected chi connectivity index (χ3v) is 3.30. The molecule has 2 aromatic carbocycles. The van der Waals surface area contributed by atoms with Crippen LogP contribution in [0.4, 0.5) is 14.5 Å². The fourth-order valence-electron chi connectivity index (χ4n) is 1.61. The Morgan fingerprint density at radius 3 is 2.38 bits per heavy atom. The molecule has 0 fully saturated rings. The third-order valence-electron chi connectivity index (χ3n) is 2.64. The molecule has 0 saturated heterocycles. The summed E-state index contributed by atoms with van der Waals surface area (Å²) in [4.78, 5) is 22.7. The summed E-state index contributed by atoms with van der Waals surface area (Å²) in [6, 6.07) is 6.58. The highest BCUT2D eigenvalue weighted by Crippen LogP contribution is 2.21. The Labute approximate surface area is 126 Å². The molecule has 108 valence electrons. The van der Waals surface area contributed by atoms with Crippen LogP contribution >= 0.6 is 15.9 Å². The first-order valence-corrected chi connectivity index (χ1v) is 6.47. The van der Waals surface area contributed by atoms with Crippen molar-refractivity contribution in [2.45, 2.75) is 0 Å². The first-order valence-electron chi connectivity index (χ1n) is 5.67. The van der Waals surface area contributed by atoms with E-state index >= 15 is 0 Å². The number of anilines is 1. The lowest BCUT2D eigenvalue weighted by Crippen LogP contribution is -2.14. The Balaban J connectivity index is 2.25. The van der Waals surface area contributed by atoms with Crippen LogP contribution in [0.1, 0.15) is 20.7 Å². The van der Waals surface area contributed by atoms with Crippen LogP contribution in [0, 0.1) is 11.6 Å². The van der Waals surface area contributed by atoms with Crippen LogP contribution in [0.5, 0.6) is 0 Å². The molecule has 0 bridgehead atoms. The van der Waals surface area contributed by atoms with Crippen LogP contribution in [0.2, 0.25) is 0 Å². The van der Waals surface area contributed by atoms with E-state index in [2.05, 4.69) is 21.2 Å². The smallest absolute Gasteiger partial charge is 0.335 e. The molecule has 0 aromatic heterocycles. The number of carboxylic acids is 1. The fraction of sp³-hybridized carbons (Fsp3) is 0. The lowest BCUT2D eigenvalue weighted by atomic mass is 10.1. The van der Waals surface area contributed by atoms with Crippen molar-refractivity contribution in [3.8, 4) is 0 Å². The maximum Gasteiger partial charge on any atom is 0.335 e. The number of carbonyl (C=O) groups excluding carboxylic acids is 1. The maximum absolute atomic E-state index is 13.7. The Bertz CT molecular complexity index is 734. The van der Waals surface area contributed by atoms with E-state index in [1.54, 1.807) is 0 Å². The number of rotatable bonds is 3. The van der Waals surface area contributed by atoms with Gasteiger partial charge < -0.3 is 10.4 Å². The van der Waals surface area contributed by atoms with Gasteiger partial charge in [-0.3, -0.25) is 4.79 Å². The van der Waals surface area contributed by atoms with Gasteiger partial charge in [-0.1, -0.05) is 0 Å². The molecule has 0 spiro atoms. The molecule has 0 atom stereocenters. The lowest BCUT2D eigenvalue weighted by molar-refractivity contribution is 0.0696. The van der Waals surface area contributed by atoms with Crippen molar-refractivity contribution >= 4 is 33.5 Å². The van der Waals surface area contributed by atoms with Gasteiger partial charge in [0.1, 0.15) is 11.6 Å². The van der Waals surface area contributed by atoms with Crippen LogP contribution in [0.3, 0.4) is 0 Å². The summed E-state index contributed by atoms with van der Waals surface area (Å²) in [6.07, 6.45) is 0. The van der Waals surface area contributed by atoms with Crippen LogP contribution in [0.25, 0.3) is 0 Å². The molecule has 4 nitrogen and oxygen atoms in total. The zero-order valence-electron chi connectivity index (χ0n) is 10.4. The van der Waals surface area contributed by atoms with E-state index in [1.807, 2.05) is 0 Å². The number of aromatic carboxylic acids is 1. The summed E-state index contributed by atoms with van der Waals surface area (Å²) >= 11 is 3.04. The molecule has 0 unspecified atom stereocenters. The third kappa shape index (κ3) is 3.43. The topological polar surface area (TPSA) is 66.4 Å². The minimum Gasteiger partial charge on any atom is -0.478 e. The highest BCUT2D eigenvalue weighted by molar-refractivity contribution is 9.10. The Kier molecular flexibility index (Phi) is 4.32. The van der Waals surface area contributed by atoms with Crippen molar-refractivity contribution in [1.82, 2.24) is 0 Å². The molecular weight excluding hydrogens is 348 g/mol. The number of nitrogens with one attached hydrogen (secondary N) is 1. The van der Waals surface area contributed by atoms with Crippen molar-refractivity contribution in [1.29, 1.82) is 0 Å². The van der Waals surface area contributed by atoms with Gasteiger partial charge in [0.05, 0.1) is 16.8 Å². The fourth-order valence-corrected chi connectivity index (χ4v) is 2.14. The zero-order valence-corrected chi connectivity index (χ0v) is 11.9. The van der Waals surface area contributed by atoms with Gasteiger partial charge in [-0.15, -0.1) is 0 Å². The van der Waals surface area contributed by atoms with Crippen LogP contribution < -0.4 is 5.32 Å². The predicted octanol–water partition coefficient (Wildman–Crippen LogP) is 3.68. The summed E-state index contributed by atoms with van der Waals surface area (Å²) < 4.78 is 26.9. The van der Waals surface area contributed by atoms with E-state index in [4.69, 9.17) is 5.11 Å². The lowest BCUT2D eigenvalue weighted by Gasteiger charge is -2.08. The second kappa shape index (κ2) is 6.01. The second-order valence-electron chi connectivity index (χ2n) is 4.08. The number of hydrogen-bond donors (Lipinski definition) is 2. The highest BCUT2D eigenvalue weighted by atomic mass is 79.9. The minimum absolute atomic E-state index is 0.123. The van der Waals surface area contributed by atoms with Crippen molar-refractivity contribution in [2.24, 2.45) is 0 Å². The van der Waals surface area contributed by atoms with Gasteiger partial charge in [-0.2, -0.15) is 0 Å². The van der Waals surface area contributed by atoms with Gasteiger partial charge in [0, 0.05) is 4.47 Å². The first-order chi connectivity index (χ1) is 9.88. The summed E-state index contributed by atoms with van der Waals surface area (Å²) in [5, 5.41) is 11.0. The van der Waals surface area contributed by atoms with Gasteiger partial charge in [0.15, 0.2) is 0 Å². The molecule has 0 aliphatic heterocycles. The van der Waals surface area contributed by atoms with Gasteiger partial charge in [-0.25, -0.2) is 13.6 Å². The van der Waals surface area contributed by atoms with Crippen LogP contribution in [-0.4, -0.2) is 17.0 Å². The number of carboxylic acid groups (broad SMARTS) is 1. The molecule has 0 aliphatic carbocycles. The highest BCUT2D eigenvalue weighted by Gasteiger charge is 2.14. The van der Waals surface area contributed by atoms with E-state index < -0.39 is 23.5 Å². The summed E-state index contributed by atoms with van der Waals surface area (Å²) in [5.74, 6) is -3.31. The first kappa shape index (κ1) is 15.1. The summed E-state index contributed by atoms with van der Waals surface area (Å²) in [6.45, 7) is 0. The molecule has 7 heteroatoms. The molecule has 0 aliphatic rings. The quantitative estimate of drug-likeness (QED) is 0.882. The van der Waals surface area contributed by atoms with E-state index in [-0.39, 0.29) is 21.3 Å². The van der Waals surface area contributed by atoms with E-state index in [0.717, 1.165) is 24.3 Å². The predicted molar refractivity (Wildman–Crippen MR) is 75.4 cm³/mol. The SMILES string of the molecule is O=C(O)c1ccc(NC(=O)c2ccc(F)cc2Br)c(F)c1. The number of carbonyl (C=O) groups is 2. The summed E-state index contributed by atoms with van der Waals surface area (Å²) in [7, 11) is 0. The number of benzene rings is 2. The normalized spacial score (nSPS) is 10.2. The number of amides is 1. The van der Waals surface area contributed by atoms with E-state index in [1.165, 1.54) is 12.1 Å². The Morgan fingerprint density at radius 1 is 1.10 bits per heavy atom. The van der Waals surface area contributed by atoms with Crippen molar-refractivity contribution in [3.05, 3.63) is 63.6 Å². The molecule has 0 radical (unpaired) electrons. The molecule has 0 saturated carbocycles. The van der Waals surface area contributed by atoms with Crippen molar-refractivity contribution in [2.75, 3.05) is 5.32 Å². The van der Waals surface area contributed by atoms with Crippen LogP contribution in [-0.2, 0) is 0 Å². The average Bonchev–Trinajstić information content (AvgIpc) is 2.40. The minimum atomic E-state index is -1.27. The molecule has 0 heterocycles. The molecular formula is C14H8BrF2NO3. The monoisotopic (exact) mass is 355 g/mol.